The van der Waals surface area contributed by atoms with Gasteiger partial charge < -0.3 is 20.9 Å². The summed E-state index contributed by atoms with van der Waals surface area (Å²) in [6.07, 6.45) is 2.23. The Morgan fingerprint density at radius 1 is 1.46 bits per heavy atom. The fourth-order valence-electron chi connectivity index (χ4n) is 1.25. The normalized spacial score (nSPS) is 9.58. The molecular weight excluding hydrogens is 338 g/mol. The van der Waals surface area contributed by atoms with E-state index in [2.05, 4.69) is 10.2 Å². The number of urea groups is 1. The highest BCUT2D eigenvalue weighted by Gasteiger charge is 2.15. The Morgan fingerprint density at radius 3 is 2.62 bits per heavy atom. The number of nitrogen functional groups attached to an aromatic ring is 1. The number of carbonyl (C=O) groups is 3. The zero-order valence-electron chi connectivity index (χ0n) is 13.0. The summed E-state index contributed by atoms with van der Waals surface area (Å²) in [5, 5.41) is 9.90. The highest BCUT2D eigenvalue weighted by atomic mass is 32.2. The van der Waals surface area contributed by atoms with Gasteiger partial charge in [-0.1, -0.05) is 11.8 Å². The minimum atomic E-state index is -0.906. The average molecular weight is 355 g/mol. The molecule has 11 nitrogen and oxygen atoms in total. The molecule has 0 saturated carbocycles. The van der Waals surface area contributed by atoms with Crippen molar-refractivity contribution in [2.45, 2.75) is 5.16 Å². The number of furan rings is 1. The molecule has 2 aromatic heterocycles. The molecule has 0 unspecified atom stereocenters. The van der Waals surface area contributed by atoms with Crippen molar-refractivity contribution < 1.29 is 18.8 Å². The lowest BCUT2D eigenvalue weighted by atomic mass is 10.4. The van der Waals surface area contributed by atoms with E-state index in [1.165, 1.54) is 15.8 Å². The van der Waals surface area contributed by atoms with E-state index in [0.29, 0.717) is 16.7 Å². The van der Waals surface area contributed by atoms with E-state index in [1.807, 2.05) is 5.32 Å². The number of rotatable bonds is 5. The summed E-state index contributed by atoms with van der Waals surface area (Å²) >= 11 is 1.02. The molecule has 0 bridgehead atoms. The molecule has 0 saturated heterocycles. The Balaban J connectivity index is 0.000000505. The van der Waals surface area contributed by atoms with Crippen molar-refractivity contribution in [2.24, 2.45) is 5.73 Å². The predicted molar refractivity (Wildman–Crippen MR) is 86.1 cm³/mol. The first-order valence-electron chi connectivity index (χ1n) is 6.43. The molecule has 2 heterocycles. The highest BCUT2D eigenvalue weighted by molar-refractivity contribution is 7.99. The van der Waals surface area contributed by atoms with E-state index >= 15 is 0 Å². The number of nitrogens with two attached hydrogens (primary N) is 2. The van der Waals surface area contributed by atoms with Gasteiger partial charge in [0.2, 0.25) is 23.3 Å². The summed E-state index contributed by atoms with van der Waals surface area (Å²) in [4.78, 5) is 32.6. The zero-order valence-corrected chi connectivity index (χ0v) is 13.8. The number of thioether (sulfide) groups is 1. The number of primary amides is 1. The molecule has 0 fully saturated rings. The van der Waals surface area contributed by atoms with Gasteiger partial charge in [-0.3, -0.25) is 14.9 Å². The van der Waals surface area contributed by atoms with Gasteiger partial charge in [0, 0.05) is 14.1 Å². The minimum Gasteiger partial charge on any atom is -0.461 e. The predicted octanol–water partition coefficient (Wildman–Crippen LogP) is -0.757. The van der Waals surface area contributed by atoms with E-state index in [9.17, 15) is 14.4 Å². The lowest BCUT2D eigenvalue weighted by Gasteiger charge is -2.01. The Hall–Kier alpha value is -3.02. The third-order valence-corrected chi connectivity index (χ3v) is 3.15. The van der Waals surface area contributed by atoms with Gasteiger partial charge in [0.25, 0.3) is 0 Å². The van der Waals surface area contributed by atoms with Gasteiger partial charge in [-0.15, -0.1) is 10.2 Å². The zero-order chi connectivity index (χ0) is 18.1. The van der Waals surface area contributed by atoms with Crippen LogP contribution >= 0.6 is 11.8 Å². The fraction of sp³-hybridized carbons (Fsp3) is 0.250. The van der Waals surface area contributed by atoms with Gasteiger partial charge in [-0.05, 0) is 12.1 Å². The van der Waals surface area contributed by atoms with E-state index in [4.69, 9.17) is 16.0 Å². The van der Waals surface area contributed by atoms with E-state index < -0.39 is 11.9 Å². The van der Waals surface area contributed by atoms with E-state index in [0.717, 1.165) is 18.2 Å². The first kappa shape index (κ1) is 19.0. The molecule has 12 heteroatoms. The second kappa shape index (κ2) is 9.19. The van der Waals surface area contributed by atoms with Crippen LogP contribution in [0.5, 0.6) is 0 Å². The maximum absolute atomic E-state index is 11.2. The standard InChI is InChI=1S/C9H10N6O3S.C3H7NO/c10-8(17)12-6(16)4-19-9-14-13-7(15(9)11)5-2-1-3-18-5;1-4(2)3-5/h1-3H,4,11H2,(H3,10,12,16,17);3H,1-2H3. The molecule has 0 aliphatic heterocycles. The SMILES string of the molecule is CN(C)C=O.NC(=O)NC(=O)CSc1nnc(-c2ccco2)n1N. The molecule has 24 heavy (non-hydrogen) atoms. The highest BCUT2D eigenvalue weighted by Crippen LogP contribution is 2.21. The van der Waals surface area contributed by atoms with Crippen LogP contribution in [0.25, 0.3) is 11.6 Å². The van der Waals surface area contributed by atoms with Crippen molar-refractivity contribution in [3.05, 3.63) is 18.4 Å². The molecule has 0 aliphatic rings. The summed E-state index contributed by atoms with van der Waals surface area (Å²) in [6.45, 7) is 0. The van der Waals surface area contributed by atoms with Gasteiger partial charge >= 0.3 is 6.03 Å². The number of carbonyl (C=O) groups excluding carboxylic acids is 3. The quantitative estimate of drug-likeness (QED) is 0.358. The minimum absolute atomic E-state index is 0.0591. The maximum atomic E-state index is 11.2. The lowest BCUT2D eigenvalue weighted by molar-refractivity contribution is -0.117. The third kappa shape index (κ3) is 6.00. The number of hydrogen-bond acceptors (Lipinski definition) is 8. The largest absolute Gasteiger partial charge is 0.461 e. The molecule has 2 aromatic rings. The molecule has 0 atom stereocenters. The van der Waals surface area contributed by atoms with Gasteiger partial charge in [0.1, 0.15) is 0 Å². The lowest BCUT2D eigenvalue weighted by Crippen LogP contribution is -2.36. The number of nitrogens with one attached hydrogen (secondary N) is 1. The van der Waals surface area contributed by atoms with Crippen molar-refractivity contribution >= 4 is 30.1 Å². The Bertz CT molecular complexity index is 684. The van der Waals surface area contributed by atoms with Crippen LogP contribution in [0.4, 0.5) is 4.79 Å². The maximum Gasteiger partial charge on any atom is 0.318 e. The van der Waals surface area contributed by atoms with Crippen LogP contribution in [0.1, 0.15) is 0 Å². The average Bonchev–Trinajstić information content (AvgIpc) is 3.14. The van der Waals surface area contributed by atoms with Crippen LogP contribution in [-0.4, -0.2) is 58.0 Å². The van der Waals surface area contributed by atoms with Gasteiger partial charge in [-0.25, -0.2) is 9.47 Å². The molecule has 0 aromatic carbocycles. The summed E-state index contributed by atoms with van der Waals surface area (Å²) in [5.74, 6) is 5.97. The molecule has 2 rings (SSSR count). The monoisotopic (exact) mass is 355 g/mol. The molecule has 5 N–H and O–H groups in total. The van der Waals surface area contributed by atoms with Crippen molar-refractivity contribution in [3.63, 3.8) is 0 Å². The summed E-state index contributed by atoms with van der Waals surface area (Å²) in [6, 6.07) is 2.47. The van der Waals surface area contributed by atoms with Crippen molar-refractivity contribution in [1.82, 2.24) is 25.1 Å². The first-order chi connectivity index (χ1) is 11.3. The van der Waals surface area contributed by atoms with Crippen molar-refractivity contribution in [1.29, 1.82) is 0 Å². The number of hydrogen-bond donors (Lipinski definition) is 3. The molecule has 0 radical (unpaired) electrons. The second-order valence-corrected chi connectivity index (χ2v) is 5.37. The fourth-order valence-corrected chi connectivity index (χ4v) is 1.91. The number of nitrogens with zero attached hydrogens (tertiary/aromatic N) is 4. The van der Waals surface area contributed by atoms with E-state index in [1.54, 1.807) is 26.2 Å². The summed E-state index contributed by atoms with van der Waals surface area (Å²) < 4.78 is 6.33. The molecule has 130 valence electrons. The van der Waals surface area contributed by atoms with Gasteiger partial charge in [-0.2, -0.15) is 0 Å². The smallest absolute Gasteiger partial charge is 0.318 e. The van der Waals surface area contributed by atoms with E-state index in [-0.39, 0.29) is 5.75 Å². The Kier molecular flexibility index (Phi) is 7.29. The molecule has 0 aliphatic carbocycles. The van der Waals surface area contributed by atoms with Gasteiger partial charge in [0.05, 0.1) is 12.0 Å². The number of amides is 4. The first-order valence-corrected chi connectivity index (χ1v) is 7.41. The van der Waals surface area contributed by atoms with Crippen LogP contribution in [0.2, 0.25) is 0 Å². The molecule has 4 amide bonds. The number of aromatic nitrogens is 3. The second-order valence-electron chi connectivity index (χ2n) is 4.42. The Labute approximate surface area is 141 Å². The van der Waals surface area contributed by atoms with Crippen LogP contribution in [0.15, 0.2) is 28.0 Å². The summed E-state index contributed by atoms with van der Waals surface area (Å²) in [5.41, 5.74) is 4.81. The molecule has 0 spiro atoms. The van der Waals surface area contributed by atoms with Gasteiger partial charge in [0.15, 0.2) is 5.76 Å². The van der Waals surface area contributed by atoms with Crippen LogP contribution in [0, 0.1) is 0 Å². The topological polar surface area (TPSA) is 162 Å². The van der Waals surface area contributed by atoms with Crippen molar-refractivity contribution in [3.8, 4) is 11.6 Å². The van der Waals surface area contributed by atoms with Crippen LogP contribution in [0.3, 0.4) is 0 Å². The third-order valence-electron chi connectivity index (χ3n) is 2.21. The summed E-state index contributed by atoms with van der Waals surface area (Å²) in [7, 11) is 3.38. The Morgan fingerprint density at radius 2 is 2.12 bits per heavy atom. The van der Waals surface area contributed by atoms with Crippen molar-refractivity contribution in [2.75, 3.05) is 25.7 Å². The van der Waals surface area contributed by atoms with Crippen LogP contribution < -0.4 is 16.9 Å². The number of imide groups is 1. The molecular formula is C12H17N7O4S. The van der Waals surface area contributed by atoms with Crippen LogP contribution in [-0.2, 0) is 9.59 Å².